The van der Waals surface area contributed by atoms with Crippen molar-refractivity contribution >= 4 is 55.9 Å². The molecule has 0 fully saturated rings. The molecular weight excluding hydrogens is 343 g/mol. The average Bonchev–Trinajstić information content (AvgIpc) is 2.76. The molecule has 0 aliphatic heterocycles. The molecule has 0 saturated carbocycles. The maximum Gasteiger partial charge on any atom is 0.271 e. The van der Waals surface area contributed by atoms with Crippen LogP contribution in [0.3, 0.4) is 0 Å². The zero-order valence-corrected chi connectivity index (χ0v) is 13.0. The Hall–Kier alpha value is -1.22. The van der Waals surface area contributed by atoms with E-state index in [4.69, 9.17) is 29.6 Å². The number of benzene rings is 1. The lowest BCUT2D eigenvalue weighted by atomic mass is 10.3. The zero-order valence-electron chi connectivity index (χ0n) is 9.76. The predicted molar refractivity (Wildman–Crippen MR) is 82.4 cm³/mol. The second-order valence-corrected chi connectivity index (χ2v) is 7.62. The van der Waals surface area contributed by atoms with Crippen LogP contribution in [-0.2, 0) is 10.0 Å². The van der Waals surface area contributed by atoms with Crippen LogP contribution in [0.1, 0.15) is 4.88 Å². The molecule has 0 radical (unpaired) electrons. The average molecular weight is 351 g/mol. The molecule has 9 heteroatoms. The van der Waals surface area contributed by atoms with E-state index in [1.165, 1.54) is 18.2 Å². The van der Waals surface area contributed by atoms with Gasteiger partial charge in [0.1, 0.15) is 15.0 Å². The van der Waals surface area contributed by atoms with Crippen LogP contribution < -0.4 is 10.5 Å². The minimum atomic E-state index is -3.83. The number of hydrogen-bond donors (Lipinski definition) is 2. The molecule has 0 saturated heterocycles. The van der Waals surface area contributed by atoms with Crippen molar-refractivity contribution in [2.45, 2.75) is 4.21 Å². The molecule has 0 bridgehead atoms. The zero-order chi connectivity index (χ0) is 14.9. The summed E-state index contributed by atoms with van der Waals surface area (Å²) in [4.78, 5) is 0.600. The molecule has 1 aromatic carbocycles. The summed E-state index contributed by atoms with van der Waals surface area (Å²) in [6.45, 7) is 0. The van der Waals surface area contributed by atoms with Crippen molar-refractivity contribution in [3.63, 3.8) is 0 Å². The Morgan fingerprint density at radius 2 is 2.05 bits per heavy atom. The Balaban J connectivity index is 2.32. The molecule has 106 valence electrons. The SMILES string of the molecule is NC(=S)c1ccc(S(=O)(=O)Nc2cc(F)cc(Cl)c2)s1. The van der Waals surface area contributed by atoms with Crippen molar-refractivity contribution in [2.75, 3.05) is 4.72 Å². The van der Waals surface area contributed by atoms with Crippen LogP contribution in [0.15, 0.2) is 34.5 Å². The lowest BCUT2D eigenvalue weighted by molar-refractivity contribution is 0.603. The van der Waals surface area contributed by atoms with E-state index in [2.05, 4.69) is 4.72 Å². The van der Waals surface area contributed by atoms with Crippen LogP contribution in [0.5, 0.6) is 0 Å². The molecule has 0 spiro atoms. The quantitative estimate of drug-likeness (QED) is 0.831. The number of anilines is 1. The van der Waals surface area contributed by atoms with E-state index in [1.54, 1.807) is 0 Å². The fraction of sp³-hybridized carbons (Fsp3) is 0. The number of sulfonamides is 1. The number of rotatable bonds is 4. The predicted octanol–water partition coefficient (Wildman–Crippen LogP) is 2.98. The molecule has 3 N–H and O–H groups in total. The Morgan fingerprint density at radius 3 is 2.60 bits per heavy atom. The third-order valence-electron chi connectivity index (χ3n) is 2.20. The summed E-state index contributed by atoms with van der Waals surface area (Å²) in [5, 5.41) is 0.0951. The van der Waals surface area contributed by atoms with Crippen molar-refractivity contribution in [1.82, 2.24) is 0 Å². The second kappa shape index (κ2) is 5.65. The van der Waals surface area contributed by atoms with Crippen molar-refractivity contribution in [3.05, 3.63) is 46.0 Å². The van der Waals surface area contributed by atoms with E-state index < -0.39 is 15.8 Å². The first-order chi connectivity index (χ1) is 9.28. The highest BCUT2D eigenvalue weighted by Crippen LogP contribution is 2.25. The van der Waals surface area contributed by atoms with Crippen LogP contribution in [0.25, 0.3) is 0 Å². The van der Waals surface area contributed by atoms with Crippen LogP contribution in [-0.4, -0.2) is 13.4 Å². The van der Waals surface area contributed by atoms with Gasteiger partial charge in [-0.3, -0.25) is 4.72 Å². The molecule has 2 rings (SSSR count). The van der Waals surface area contributed by atoms with E-state index in [9.17, 15) is 12.8 Å². The van der Waals surface area contributed by atoms with Crippen molar-refractivity contribution in [1.29, 1.82) is 0 Å². The summed E-state index contributed by atoms with van der Waals surface area (Å²) in [6, 6.07) is 6.31. The number of thiocarbonyl (C=S) groups is 1. The highest BCUT2D eigenvalue weighted by atomic mass is 35.5. The van der Waals surface area contributed by atoms with Crippen LogP contribution in [0.2, 0.25) is 5.02 Å². The molecular formula is C11H8ClFN2O2S3. The van der Waals surface area contributed by atoms with Gasteiger partial charge in [0, 0.05) is 5.02 Å². The molecule has 0 atom stereocenters. The Labute approximate surface area is 129 Å². The number of nitrogens with one attached hydrogen (secondary N) is 1. The first kappa shape index (κ1) is 15.2. The number of hydrogen-bond acceptors (Lipinski definition) is 4. The van der Waals surface area contributed by atoms with Crippen LogP contribution in [0.4, 0.5) is 10.1 Å². The van der Waals surface area contributed by atoms with E-state index in [-0.39, 0.29) is 19.9 Å². The molecule has 1 heterocycles. The molecule has 0 amide bonds. The second-order valence-electron chi connectivity index (χ2n) is 3.75. The largest absolute Gasteiger partial charge is 0.389 e. The monoisotopic (exact) mass is 350 g/mol. The van der Waals surface area contributed by atoms with Crippen LogP contribution >= 0.6 is 35.2 Å². The van der Waals surface area contributed by atoms with E-state index >= 15 is 0 Å². The van der Waals surface area contributed by atoms with Crippen molar-refractivity contribution < 1.29 is 12.8 Å². The van der Waals surface area contributed by atoms with Gasteiger partial charge in [0.15, 0.2) is 0 Å². The Morgan fingerprint density at radius 1 is 1.35 bits per heavy atom. The Kier molecular flexibility index (Phi) is 4.28. The molecule has 0 aliphatic carbocycles. The van der Waals surface area contributed by atoms with E-state index in [0.717, 1.165) is 23.5 Å². The minimum Gasteiger partial charge on any atom is -0.389 e. The van der Waals surface area contributed by atoms with Crippen molar-refractivity contribution in [2.24, 2.45) is 5.73 Å². The fourth-order valence-electron chi connectivity index (χ4n) is 1.42. The molecule has 1 aromatic heterocycles. The maximum atomic E-state index is 13.2. The molecule has 0 unspecified atom stereocenters. The van der Waals surface area contributed by atoms with Gasteiger partial charge in [0.05, 0.1) is 10.6 Å². The topological polar surface area (TPSA) is 72.2 Å². The summed E-state index contributed by atoms with van der Waals surface area (Å²) < 4.78 is 39.7. The first-order valence-corrected chi connectivity index (χ1v) is 8.25. The van der Waals surface area contributed by atoms with E-state index in [1.807, 2.05) is 0 Å². The normalized spacial score (nSPS) is 11.3. The van der Waals surface area contributed by atoms with Crippen molar-refractivity contribution in [3.8, 4) is 0 Å². The summed E-state index contributed by atoms with van der Waals surface area (Å²) in [6.07, 6.45) is 0. The number of nitrogens with two attached hydrogens (primary N) is 1. The smallest absolute Gasteiger partial charge is 0.271 e. The van der Waals surface area contributed by atoms with E-state index in [0.29, 0.717) is 4.88 Å². The van der Waals surface area contributed by atoms with Gasteiger partial charge in [-0.15, -0.1) is 11.3 Å². The van der Waals surface area contributed by atoms with Gasteiger partial charge in [-0.2, -0.15) is 0 Å². The maximum absolute atomic E-state index is 13.2. The molecule has 4 nitrogen and oxygen atoms in total. The fourth-order valence-corrected chi connectivity index (χ4v) is 4.03. The number of halogens is 2. The van der Waals surface area contributed by atoms with Gasteiger partial charge in [0.25, 0.3) is 10.0 Å². The highest BCUT2D eigenvalue weighted by molar-refractivity contribution is 7.94. The van der Waals surface area contributed by atoms with Gasteiger partial charge >= 0.3 is 0 Å². The van der Waals surface area contributed by atoms with Gasteiger partial charge in [-0.1, -0.05) is 23.8 Å². The highest BCUT2D eigenvalue weighted by Gasteiger charge is 2.18. The minimum absolute atomic E-state index is 0.0284. The summed E-state index contributed by atoms with van der Waals surface area (Å²) in [5.74, 6) is -0.634. The molecule has 20 heavy (non-hydrogen) atoms. The Bertz CT molecular complexity index is 753. The lowest BCUT2D eigenvalue weighted by Crippen LogP contribution is -2.11. The standard InChI is InChI=1S/C11H8ClFN2O2S3/c12-6-3-7(13)5-8(4-6)15-20(16,17)10-2-1-9(19-10)11(14)18/h1-5,15H,(H2,14,18). The summed E-state index contributed by atoms with van der Waals surface area (Å²) >= 11 is 11.4. The first-order valence-electron chi connectivity index (χ1n) is 5.16. The van der Waals surface area contributed by atoms with Gasteiger partial charge in [0.2, 0.25) is 0 Å². The third-order valence-corrected chi connectivity index (χ3v) is 5.76. The van der Waals surface area contributed by atoms with Gasteiger partial charge in [-0.25, -0.2) is 12.8 Å². The molecule has 2 aromatic rings. The molecule has 0 aliphatic rings. The number of thiophene rings is 1. The van der Waals surface area contributed by atoms with Gasteiger partial charge < -0.3 is 5.73 Å². The summed E-state index contributed by atoms with van der Waals surface area (Å²) in [5.41, 5.74) is 5.46. The summed E-state index contributed by atoms with van der Waals surface area (Å²) in [7, 11) is -3.83. The third kappa shape index (κ3) is 3.45. The lowest BCUT2D eigenvalue weighted by Gasteiger charge is -2.06. The van der Waals surface area contributed by atoms with Crippen LogP contribution in [0, 0.1) is 5.82 Å². The van der Waals surface area contributed by atoms with Gasteiger partial charge in [-0.05, 0) is 30.3 Å².